The van der Waals surface area contributed by atoms with Crippen LogP contribution in [0.1, 0.15) is 33.9 Å². The summed E-state index contributed by atoms with van der Waals surface area (Å²) in [6.07, 6.45) is 0.128. The molecule has 0 heterocycles. The number of aliphatic hydroxyl groups is 1. The molecule has 36 heavy (non-hydrogen) atoms. The van der Waals surface area contributed by atoms with E-state index in [9.17, 15) is 5.11 Å². The van der Waals surface area contributed by atoms with E-state index in [0.717, 1.165) is 43.4 Å². The van der Waals surface area contributed by atoms with Crippen molar-refractivity contribution in [1.82, 2.24) is 0 Å². The molecule has 0 bridgehead atoms. The van der Waals surface area contributed by atoms with E-state index in [1.54, 1.807) is 25.3 Å². The zero-order chi connectivity index (χ0) is 26.1. The Morgan fingerprint density at radius 3 is 2.08 bits per heavy atom. The molecule has 0 fully saturated rings. The highest BCUT2D eigenvalue weighted by Crippen LogP contribution is 2.29. The van der Waals surface area contributed by atoms with Gasteiger partial charge in [0.2, 0.25) is 0 Å². The van der Waals surface area contributed by atoms with E-state index in [4.69, 9.17) is 17.9 Å². The Hall–Kier alpha value is -3.42. The molecule has 0 aliphatic carbocycles. The van der Waals surface area contributed by atoms with Crippen LogP contribution < -0.4 is 4.74 Å². The van der Waals surface area contributed by atoms with Gasteiger partial charge in [-0.05, 0) is 59.5 Å². The predicted octanol–water partition coefficient (Wildman–Crippen LogP) is 8.99. The van der Waals surface area contributed by atoms with Crippen LogP contribution in [0.25, 0.3) is 9.69 Å². The van der Waals surface area contributed by atoms with Crippen LogP contribution in [0.3, 0.4) is 0 Å². The summed E-state index contributed by atoms with van der Waals surface area (Å²) in [6.45, 7) is 15.9. The highest BCUT2D eigenvalue weighted by atomic mass is 79.9. The van der Waals surface area contributed by atoms with Gasteiger partial charge in [-0.25, -0.2) is 9.69 Å². The molecule has 0 amide bonds. The molecule has 0 aliphatic heterocycles. The highest BCUT2D eigenvalue weighted by Gasteiger charge is 2.13. The average Bonchev–Trinajstić information content (AvgIpc) is 2.89. The summed E-state index contributed by atoms with van der Waals surface area (Å²) in [5.41, 5.74) is 6.09. The summed E-state index contributed by atoms with van der Waals surface area (Å²) in [7, 11) is 1.63. The second kappa shape index (κ2) is 13.0. The summed E-state index contributed by atoms with van der Waals surface area (Å²) < 4.78 is 7.34. The molecule has 4 aromatic rings. The minimum absolute atomic E-state index is 0.595. The average molecular weight is 604 g/mol. The molecule has 180 valence electrons. The molecule has 0 aliphatic rings. The topological polar surface area (TPSA) is 38.2 Å². The lowest BCUT2D eigenvalue weighted by Gasteiger charge is -2.14. The van der Waals surface area contributed by atoms with E-state index >= 15 is 0 Å². The normalized spacial score (nSPS) is 10.9. The standard InChI is InChI=1S/2C15H12BrNO/c1-17-14-7-6-12(15(10-14)18-2)8-11-4-3-5-13(16)9-11;1-10-8-13(17-2)6-7-14(10)15(18)11-4-3-5-12(16)9-11/h3-7,9-10H,8H2,2H3;3-9,15,18H,1H3. The molecule has 1 atom stereocenters. The number of benzene rings is 4. The van der Waals surface area contributed by atoms with Gasteiger partial charge in [0.15, 0.2) is 11.4 Å². The Kier molecular flexibility index (Phi) is 9.85. The SMILES string of the molecule is [C-]#[N+]c1ccc(C(O)c2cccc(Br)c2)c(C)c1.[C-]#[N+]c1ccc(Cc2cccc(Br)c2)c(OC)c1. The Bertz CT molecular complexity index is 1440. The first-order valence-corrected chi connectivity index (χ1v) is 12.6. The smallest absolute Gasteiger partial charge is 0.190 e. The lowest BCUT2D eigenvalue weighted by atomic mass is 9.97. The van der Waals surface area contributed by atoms with Gasteiger partial charge in [0.1, 0.15) is 11.9 Å². The Labute approximate surface area is 229 Å². The number of hydrogen-bond donors (Lipinski definition) is 1. The third-order valence-corrected chi connectivity index (χ3v) is 6.51. The van der Waals surface area contributed by atoms with Crippen molar-refractivity contribution in [2.75, 3.05) is 7.11 Å². The largest absolute Gasteiger partial charge is 0.498 e. The van der Waals surface area contributed by atoms with Gasteiger partial charge in [0.05, 0.1) is 20.3 Å². The fourth-order valence-corrected chi connectivity index (χ4v) is 4.57. The van der Waals surface area contributed by atoms with Gasteiger partial charge in [-0.3, -0.25) is 0 Å². The number of methoxy groups -OCH3 is 1. The van der Waals surface area contributed by atoms with Gasteiger partial charge < -0.3 is 9.84 Å². The van der Waals surface area contributed by atoms with Crippen molar-refractivity contribution in [2.45, 2.75) is 19.4 Å². The molecule has 4 rings (SSSR count). The number of hydrogen-bond acceptors (Lipinski definition) is 2. The molecule has 6 heteroatoms. The summed E-state index contributed by atoms with van der Waals surface area (Å²) >= 11 is 6.86. The van der Waals surface area contributed by atoms with Crippen LogP contribution in [-0.4, -0.2) is 12.2 Å². The van der Waals surface area contributed by atoms with E-state index < -0.39 is 6.10 Å². The third kappa shape index (κ3) is 7.29. The first kappa shape index (κ1) is 27.2. The Balaban J connectivity index is 0.000000201. The van der Waals surface area contributed by atoms with Crippen molar-refractivity contribution in [1.29, 1.82) is 0 Å². The number of ether oxygens (including phenoxy) is 1. The number of aliphatic hydroxyl groups excluding tert-OH is 1. The lowest BCUT2D eigenvalue weighted by Crippen LogP contribution is -2.01. The molecule has 0 saturated carbocycles. The maximum Gasteiger partial charge on any atom is 0.190 e. The van der Waals surface area contributed by atoms with Gasteiger partial charge >= 0.3 is 0 Å². The fraction of sp³-hybridized carbons (Fsp3) is 0.133. The van der Waals surface area contributed by atoms with Gasteiger partial charge in [-0.1, -0.05) is 92.0 Å². The molecular weight excluding hydrogens is 580 g/mol. The van der Waals surface area contributed by atoms with Crippen molar-refractivity contribution in [3.8, 4) is 5.75 Å². The number of rotatable bonds is 5. The number of aryl methyl sites for hydroxylation is 1. The predicted molar refractivity (Wildman–Crippen MR) is 152 cm³/mol. The zero-order valence-electron chi connectivity index (χ0n) is 19.9. The maximum atomic E-state index is 10.4. The van der Waals surface area contributed by atoms with Gasteiger partial charge in [-0.15, -0.1) is 0 Å². The summed E-state index contributed by atoms with van der Waals surface area (Å²) in [5.74, 6) is 0.767. The number of nitrogens with zero attached hydrogens (tertiary/aromatic N) is 2. The summed E-state index contributed by atoms with van der Waals surface area (Å²) in [4.78, 5) is 6.78. The quantitative estimate of drug-likeness (QED) is 0.231. The van der Waals surface area contributed by atoms with E-state index in [1.807, 2.05) is 61.5 Å². The van der Waals surface area contributed by atoms with E-state index in [2.05, 4.69) is 53.7 Å². The van der Waals surface area contributed by atoms with Crippen LogP contribution in [0.2, 0.25) is 0 Å². The van der Waals surface area contributed by atoms with Crippen molar-refractivity contribution >= 4 is 43.2 Å². The first-order chi connectivity index (χ1) is 17.3. The summed E-state index contributed by atoms with van der Waals surface area (Å²) in [6, 6.07) is 26.7. The minimum atomic E-state index is -0.665. The maximum absolute atomic E-state index is 10.4. The highest BCUT2D eigenvalue weighted by molar-refractivity contribution is 9.10. The van der Waals surface area contributed by atoms with Crippen molar-refractivity contribution in [3.63, 3.8) is 0 Å². The van der Waals surface area contributed by atoms with Gasteiger partial charge in [0.25, 0.3) is 0 Å². The van der Waals surface area contributed by atoms with Crippen LogP contribution in [-0.2, 0) is 6.42 Å². The Morgan fingerprint density at radius 2 is 1.47 bits per heavy atom. The molecule has 1 unspecified atom stereocenters. The van der Waals surface area contributed by atoms with Crippen LogP contribution >= 0.6 is 31.9 Å². The van der Waals surface area contributed by atoms with E-state index in [0.29, 0.717) is 11.4 Å². The van der Waals surface area contributed by atoms with E-state index in [-0.39, 0.29) is 0 Å². The van der Waals surface area contributed by atoms with Gasteiger partial charge in [0, 0.05) is 15.4 Å². The summed E-state index contributed by atoms with van der Waals surface area (Å²) in [5, 5.41) is 10.4. The van der Waals surface area contributed by atoms with Crippen LogP contribution in [0.5, 0.6) is 5.75 Å². The lowest BCUT2D eigenvalue weighted by molar-refractivity contribution is 0.219. The van der Waals surface area contributed by atoms with Crippen LogP contribution in [0.4, 0.5) is 11.4 Å². The fourth-order valence-electron chi connectivity index (χ4n) is 3.71. The van der Waals surface area contributed by atoms with Crippen LogP contribution in [0, 0.1) is 20.1 Å². The molecule has 0 radical (unpaired) electrons. The van der Waals surface area contributed by atoms with Crippen LogP contribution in [0.15, 0.2) is 93.9 Å². The molecule has 0 saturated heterocycles. The van der Waals surface area contributed by atoms with Crippen molar-refractivity contribution in [2.24, 2.45) is 0 Å². The van der Waals surface area contributed by atoms with Crippen molar-refractivity contribution < 1.29 is 9.84 Å². The first-order valence-electron chi connectivity index (χ1n) is 11.0. The molecule has 4 aromatic carbocycles. The Morgan fingerprint density at radius 1 is 0.833 bits per heavy atom. The molecule has 0 spiro atoms. The van der Waals surface area contributed by atoms with Gasteiger partial charge in [-0.2, -0.15) is 0 Å². The molecule has 1 N–H and O–H groups in total. The number of halogens is 2. The molecule has 4 nitrogen and oxygen atoms in total. The second-order valence-electron chi connectivity index (χ2n) is 8.02. The zero-order valence-corrected chi connectivity index (χ0v) is 23.0. The second-order valence-corrected chi connectivity index (χ2v) is 9.86. The molecular formula is C30H24Br2N2O2. The monoisotopic (exact) mass is 602 g/mol. The van der Waals surface area contributed by atoms with E-state index in [1.165, 1.54) is 5.56 Å². The van der Waals surface area contributed by atoms with Crippen molar-refractivity contribution in [3.05, 3.63) is 145 Å². The third-order valence-electron chi connectivity index (χ3n) is 5.52. The minimum Gasteiger partial charge on any atom is -0.498 e. The molecule has 0 aromatic heterocycles.